The molecule has 2 N–H and O–H groups in total. The summed E-state index contributed by atoms with van der Waals surface area (Å²) < 4.78 is 24.0. The molecule has 170 valence electrons. The molecular weight excluding hydrogens is 458 g/mol. The lowest BCUT2D eigenvalue weighted by atomic mass is 10.0. The number of amides is 2. The zero-order valence-corrected chi connectivity index (χ0v) is 18.6. The molecule has 3 heterocycles. The van der Waals surface area contributed by atoms with Crippen LogP contribution in [0.5, 0.6) is 0 Å². The summed E-state index contributed by atoms with van der Waals surface area (Å²) in [6.45, 7) is 1.64. The van der Waals surface area contributed by atoms with Gasteiger partial charge in [-0.1, -0.05) is 23.7 Å². The first-order valence-corrected chi connectivity index (χ1v) is 12.2. The smallest absolute Gasteiger partial charge is 0.405 e. The van der Waals surface area contributed by atoms with Crippen LogP contribution in [-0.4, -0.2) is 72.6 Å². The molecule has 0 radical (unpaired) electrons. The Morgan fingerprint density at radius 3 is 2.44 bits per heavy atom. The molecule has 2 aromatic rings. The molecule has 10 nitrogen and oxygen atoms in total. The number of carboxylic acid groups (broad SMARTS) is 1. The third-order valence-corrected chi connectivity index (χ3v) is 7.27. The summed E-state index contributed by atoms with van der Waals surface area (Å²) in [6.07, 6.45) is 0.305. The summed E-state index contributed by atoms with van der Waals surface area (Å²) in [4.78, 5) is 36.3. The van der Waals surface area contributed by atoms with Crippen LogP contribution in [0.1, 0.15) is 16.8 Å². The monoisotopic (exact) mass is 479 g/mol. The first kappa shape index (κ1) is 22.3. The van der Waals surface area contributed by atoms with E-state index in [2.05, 4.69) is 15.3 Å². The lowest BCUT2D eigenvalue weighted by molar-refractivity contribution is -0.133. The topological polar surface area (TPSA) is 133 Å². The largest absolute Gasteiger partial charge is 0.465 e. The van der Waals surface area contributed by atoms with Crippen LogP contribution in [0.3, 0.4) is 0 Å². The van der Waals surface area contributed by atoms with Crippen molar-refractivity contribution in [3.05, 3.63) is 52.4 Å². The summed E-state index contributed by atoms with van der Waals surface area (Å²) >= 11 is 5.90. The van der Waals surface area contributed by atoms with Gasteiger partial charge in [-0.2, -0.15) is 0 Å². The van der Waals surface area contributed by atoms with Crippen molar-refractivity contribution in [1.29, 1.82) is 0 Å². The molecule has 1 aromatic carbocycles. The highest BCUT2D eigenvalue weighted by molar-refractivity contribution is 7.90. The van der Waals surface area contributed by atoms with Crippen LogP contribution in [0.4, 0.5) is 10.6 Å². The van der Waals surface area contributed by atoms with Crippen LogP contribution < -0.4 is 10.2 Å². The van der Waals surface area contributed by atoms with Crippen molar-refractivity contribution in [3.63, 3.8) is 0 Å². The third-order valence-electron chi connectivity index (χ3n) is 5.57. The van der Waals surface area contributed by atoms with Gasteiger partial charge in [-0.15, -0.1) is 0 Å². The number of fused-ring (bicyclic) bond motifs is 1. The number of nitrogens with one attached hydrogen (secondary N) is 1. The van der Waals surface area contributed by atoms with Gasteiger partial charge in [-0.05, 0) is 17.7 Å². The molecule has 2 aliphatic heterocycles. The number of carbonyl (C=O) groups excluding carboxylic acids is 1. The molecule has 0 spiro atoms. The lowest BCUT2D eigenvalue weighted by Gasteiger charge is -2.37. The maximum absolute atomic E-state index is 13.1. The fourth-order valence-corrected chi connectivity index (χ4v) is 5.66. The van der Waals surface area contributed by atoms with Gasteiger partial charge < -0.3 is 20.2 Å². The Morgan fingerprint density at radius 2 is 1.78 bits per heavy atom. The number of anilines is 1. The van der Waals surface area contributed by atoms with Gasteiger partial charge >= 0.3 is 6.09 Å². The molecule has 1 saturated heterocycles. The van der Waals surface area contributed by atoms with Crippen LogP contribution >= 0.6 is 11.6 Å². The average molecular weight is 480 g/mol. The number of benzene rings is 1. The van der Waals surface area contributed by atoms with Crippen molar-refractivity contribution in [2.75, 3.05) is 31.1 Å². The third kappa shape index (κ3) is 4.94. The number of halogens is 1. The van der Waals surface area contributed by atoms with Crippen LogP contribution in [0.2, 0.25) is 5.02 Å². The van der Waals surface area contributed by atoms with Crippen LogP contribution in [0.25, 0.3) is 0 Å². The van der Waals surface area contributed by atoms with Crippen molar-refractivity contribution in [3.8, 4) is 0 Å². The first-order chi connectivity index (χ1) is 15.2. The number of piperazine rings is 1. The van der Waals surface area contributed by atoms with E-state index in [0.29, 0.717) is 48.3 Å². The molecule has 1 unspecified atom stereocenters. The molecule has 1 aromatic heterocycles. The van der Waals surface area contributed by atoms with Crippen molar-refractivity contribution >= 4 is 39.3 Å². The van der Waals surface area contributed by atoms with Gasteiger partial charge in [0, 0.05) is 43.2 Å². The number of rotatable bonds is 5. The predicted octanol–water partition coefficient (Wildman–Crippen LogP) is 1.09. The maximum atomic E-state index is 13.1. The summed E-state index contributed by atoms with van der Waals surface area (Å²) in [5.74, 6) is 0.120. The number of hydrogen-bond donors (Lipinski definition) is 2. The number of hydrogen-bond acceptors (Lipinski definition) is 7. The average Bonchev–Trinajstić information content (AvgIpc) is 3.08. The molecule has 0 aliphatic carbocycles. The highest BCUT2D eigenvalue weighted by Gasteiger charge is 2.33. The molecule has 2 amide bonds. The Bertz CT molecular complexity index is 1130. The molecular formula is C20H22ClN5O5S. The van der Waals surface area contributed by atoms with Gasteiger partial charge in [0.05, 0.1) is 17.2 Å². The Hall–Kier alpha value is -2.92. The predicted molar refractivity (Wildman–Crippen MR) is 117 cm³/mol. The Labute approximate surface area is 190 Å². The van der Waals surface area contributed by atoms with Crippen molar-refractivity contribution in [2.45, 2.75) is 24.0 Å². The van der Waals surface area contributed by atoms with Crippen molar-refractivity contribution in [1.82, 2.24) is 20.2 Å². The zero-order valence-electron chi connectivity index (χ0n) is 17.1. The van der Waals surface area contributed by atoms with Crippen molar-refractivity contribution < 1.29 is 23.1 Å². The second-order valence-electron chi connectivity index (χ2n) is 7.80. The van der Waals surface area contributed by atoms with E-state index in [-0.39, 0.29) is 23.8 Å². The number of nitrogens with zero attached hydrogens (tertiary/aromatic N) is 4. The van der Waals surface area contributed by atoms with Gasteiger partial charge in [-0.3, -0.25) is 4.79 Å². The highest BCUT2D eigenvalue weighted by Crippen LogP contribution is 2.30. The van der Waals surface area contributed by atoms with Crippen molar-refractivity contribution in [2.24, 2.45) is 0 Å². The molecule has 1 atom stereocenters. The summed E-state index contributed by atoms with van der Waals surface area (Å²) in [7, 11) is -3.21. The number of carbonyl (C=O) groups is 2. The minimum absolute atomic E-state index is 0.0798. The molecule has 0 saturated carbocycles. The SMILES string of the molecule is O=C(O)NC(Cc1ccc(Cl)cc1)C(=O)N1CCN(c2ncnc3c2CS(=O)(=O)C3)CC1. The van der Waals surface area contributed by atoms with E-state index in [0.717, 1.165) is 5.56 Å². The zero-order chi connectivity index (χ0) is 22.9. The molecule has 1 fully saturated rings. The Kier molecular flexibility index (Phi) is 6.20. The van der Waals surface area contributed by atoms with E-state index in [9.17, 15) is 23.1 Å². The number of aromatic nitrogens is 2. The number of sulfone groups is 1. The van der Waals surface area contributed by atoms with Gasteiger partial charge in [0.2, 0.25) is 5.91 Å². The van der Waals surface area contributed by atoms with E-state index in [1.807, 2.05) is 4.90 Å². The molecule has 2 aliphatic rings. The second kappa shape index (κ2) is 8.91. The fraction of sp³-hybridized carbons (Fsp3) is 0.400. The van der Waals surface area contributed by atoms with Gasteiger partial charge in [0.15, 0.2) is 9.84 Å². The fourth-order valence-electron chi connectivity index (χ4n) is 4.03. The molecule has 4 rings (SSSR count). The summed E-state index contributed by atoms with van der Waals surface area (Å²) in [5.41, 5.74) is 1.94. The van der Waals surface area contributed by atoms with Gasteiger partial charge in [-0.25, -0.2) is 23.2 Å². The van der Waals surface area contributed by atoms with Crippen LogP contribution in [0, 0.1) is 0 Å². The van der Waals surface area contributed by atoms with E-state index in [4.69, 9.17) is 11.6 Å². The molecule has 32 heavy (non-hydrogen) atoms. The quantitative estimate of drug-likeness (QED) is 0.651. The standard InChI is InChI=1S/C20H22ClN5O5S/c21-14-3-1-13(2-4-14)9-16(24-20(28)29)19(27)26-7-5-25(6-8-26)18-15-10-32(30,31)11-17(15)22-12-23-18/h1-4,12,16,24H,5-11H2,(H,28,29). The van der Waals surface area contributed by atoms with E-state index >= 15 is 0 Å². The first-order valence-electron chi connectivity index (χ1n) is 10.0. The molecule has 12 heteroatoms. The van der Waals surface area contributed by atoms with E-state index in [1.165, 1.54) is 6.33 Å². The lowest BCUT2D eigenvalue weighted by Crippen LogP contribution is -2.55. The highest BCUT2D eigenvalue weighted by atomic mass is 35.5. The summed E-state index contributed by atoms with van der Waals surface area (Å²) in [6, 6.07) is 5.98. The minimum Gasteiger partial charge on any atom is -0.465 e. The van der Waals surface area contributed by atoms with Crippen LogP contribution in [0.15, 0.2) is 30.6 Å². The maximum Gasteiger partial charge on any atom is 0.405 e. The second-order valence-corrected chi connectivity index (χ2v) is 10.3. The van der Waals surface area contributed by atoms with Gasteiger partial charge in [0.1, 0.15) is 18.2 Å². The van der Waals surface area contributed by atoms with Crippen LogP contribution in [-0.2, 0) is 32.6 Å². The van der Waals surface area contributed by atoms with E-state index in [1.54, 1.807) is 29.2 Å². The van der Waals surface area contributed by atoms with Gasteiger partial charge in [0.25, 0.3) is 0 Å². The molecule has 0 bridgehead atoms. The summed E-state index contributed by atoms with van der Waals surface area (Å²) in [5, 5.41) is 12.1. The van der Waals surface area contributed by atoms with E-state index < -0.39 is 22.0 Å². The normalized spacial score (nSPS) is 18.2. The Morgan fingerprint density at radius 1 is 1.09 bits per heavy atom. The Balaban J connectivity index is 1.44. The minimum atomic E-state index is -3.21.